The first-order valence-corrected chi connectivity index (χ1v) is 13.2. The highest BCUT2D eigenvalue weighted by Crippen LogP contribution is 2.56. The lowest BCUT2D eigenvalue weighted by atomic mass is 9.55. The summed E-state index contributed by atoms with van der Waals surface area (Å²) in [7, 11) is 2.94. The molecule has 1 aromatic rings. The number of amides is 2. The first kappa shape index (κ1) is 27.8. The number of carbonyl (C=O) groups excluding carboxylic acids is 4. The summed E-state index contributed by atoms with van der Waals surface area (Å²) < 4.78 is 0. The van der Waals surface area contributed by atoms with Crippen molar-refractivity contribution >= 4 is 29.1 Å². The number of phenols is 1. The molecule has 40 heavy (non-hydrogen) atoms. The molecule has 0 aromatic heterocycles. The minimum absolute atomic E-state index is 0.197. The van der Waals surface area contributed by atoms with Crippen LogP contribution in [0.25, 0.3) is 0 Å². The molecule has 8 N–H and O–H groups in total. The molecule has 0 heterocycles. The summed E-state index contributed by atoms with van der Waals surface area (Å²) in [5.74, 6) is -10.1. The molecule has 0 aliphatic heterocycles. The maximum atomic E-state index is 13.9. The number of hydrogen-bond donors (Lipinski definition) is 7. The SMILES string of the molecule is CC1c2c(NC(=O)C3CCCC3)ccc(O)c2C(=O)C2=C(O)[C@@]3(O)C(=O)C(C(N)=O)=C(O)[C@H](N(C)C)[C@@H]3C(O)[C@H]21. The third kappa shape index (κ3) is 3.62. The molecule has 12 heteroatoms. The van der Waals surface area contributed by atoms with Gasteiger partial charge in [0, 0.05) is 23.1 Å². The van der Waals surface area contributed by atoms with E-state index in [2.05, 4.69) is 5.32 Å². The van der Waals surface area contributed by atoms with Crippen LogP contribution in [0.5, 0.6) is 5.75 Å². The summed E-state index contributed by atoms with van der Waals surface area (Å²) in [6.07, 6.45) is 1.60. The van der Waals surface area contributed by atoms with E-state index in [1.807, 2.05) is 0 Å². The molecular formula is C28H33N3O9. The molecule has 5 rings (SSSR count). The lowest BCUT2D eigenvalue weighted by Gasteiger charge is -2.53. The molecule has 2 unspecified atom stereocenters. The van der Waals surface area contributed by atoms with Crippen molar-refractivity contribution in [2.24, 2.45) is 23.5 Å². The van der Waals surface area contributed by atoms with Gasteiger partial charge in [0.25, 0.3) is 5.91 Å². The molecular weight excluding hydrogens is 522 g/mol. The number of nitrogens with zero attached hydrogens (tertiary/aromatic N) is 1. The molecule has 0 spiro atoms. The number of ketones is 2. The molecule has 1 aromatic carbocycles. The number of carbonyl (C=O) groups is 4. The molecule has 1 fully saturated rings. The van der Waals surface area contributed by atoms with Crippen LogP contribution in [0, 0.1) is 17.8 Å². The predicted molar refractivity (Wildman–Crippen MR) is 140 cm³/mol. The fourth-order valence-electron chi connectivity index (χ4n) is 7.24. The average Bonchev–Trinajstić information content (AvgIpc) is 3.42. The maximum absolute atomic E-state index is 13.9. The zero-order valence-corrected chi connectivity index (χ0v) is 22.3. The summed E-state index contributed by atoms with van der Waals surface area (Å²) in [5, 5.41) is 59.4. The van der Waals surface area contributed by atoms with E-state index in [4.69, 9.17) is 5.73 Å². The number of benzene rings is 1. The Morgan fingerprint density at radius 2 is 1.73 bits per heavy atom. The van der Waals surface area contributed by atoms with Gasteiger partial charge in [0.05, 0.1) is 23.6 Å². The van der Waals surface area contributed by atoms with Crippen LogP contribution in [-0.4, -0.2) is 85.7 Å². The molecule has 214 valence electrons. The van der Waals surface area contributed by atoms with Crippen molar-refractivity contribution in [3.8, 4) is 5.75 Å². The second-order valence-electron chi connectivity index (χ2n) is 11.4. The normalized spacial score (nSPS) is 32.2. The van der Waals surface area contributed by atoms with Crippen LogP contribution in [0.15, 0.2) is 34.8 Å². The Hall–Kier alpha value is -3.74. The van der Waals surface area contributed by atoms with Crippen molar-refractivity contribution in [1.82, 2.24) is 4.90 Å². The molecule has 6 atom stereocenters. The Balaban J connectivity index is 1.71. The second-order valence-corrected chi connectivity index (χ2v) is 11.4. The van der Waals surface area contributed by atoms with Crippen molar-refractivity contribution in [2.45, 2.75) is 56.3 Å². The Morgan fingerprint density at radius 1 is 1.10 bits per heavy atom. The average molecular weight is 556 g/mol. The zero-order chi connectivity index (χ0) is 29.4. The van der Waals surface area contributed by atoms with Gasteiger partial charge in [-0.05, 0) is 50.6 Å². The number of rotatable bonds is 4. The Kier molecular flexibility index (Phi) is 6.55. The number of primary amides is 1. The van der Waals surface area contributed by atoms with E-state index in [0.29, 0.717) is 0 Å². The molecule has 0 radical (unpaired) electrons. The minimum atomic E-state index is -2.98. The van der Waals surface area contributed by atoms with Gasteiger partial charge in [-0.15, -0.1) is 0 Å². The lowest BCUT2D eigenvalue weighted by Crippen LogP contribution is -2.68. The highest BCUT2D eigenvalue weighted by Gasteiger charge is 2.67. The van der Waals surface area contributed by atoms with Gasteiger partial charge < -0.3 is 36.6 Å². The van der Waals surface area contributed by atoms with Crippen LogP contribution in [0.1, 0.15) is 54.4 Å². The molecule has 12 nitrogen and oxygen atoms in total. The fourth-order valence-corrected chi connectivity index (χ4v) is 7.24. The second kappa shape index (κ2) is 9.43. The van der Waals surface area contributed by atoms with Crippen LogP contribution in [0.4, 0.5) is 5.69 Å². The molecule has 2 amide bonds. The monoisotopic (exact) mass is 555 g/mol. The summed E-state index contributed by atoms with van der Waals surface area (Å²) in [6, 6.07) is 1.34. The number of phenolic OH excluding ortho intramolecular Hbond substituents is 1. The maximum Gasteiger partial charge on any atom is 0.255 e. The molecule has 4 aliphatic carbocycles. The first-order chi connectivity index (χ1) is 18.7. The summed E-state index contributed by atoms with van der Waals surface area (Å²) in [5.41, 5.74) is 1.16. The third-order valence-corrected chi connectivity index (χ3v) is 9.09. The van der Waals surface area contributed by atoms with Crippen molar-refractivity contribution < 1.29 is 44.7 Å². The number of nitrogens with one attached hydrogen (secondary N) is 1. The van der Waals surface area contributed by atoms with E-state index in [9.17, 15) is 44.7 Å². The summed E-state index contributed by atoms with van der Waals surface area (Å²) in [4.78, 5) is 53.8. The minimum Gasteiger partial charge on any atom is -0.510 e. The van der Waals surface area contributed by atoms with E-state index in [1.54, 1.807) is 6.92 Å². The van der Waals surface area contributed by atoms with Gasteiger partial charge in [-0.1, -0.05) is 19.8 Å². The topological polar surface area (TPSA) is 211 Å². The number of likely N-dealkylation sites (N-methyl/N-ethyl adjacent to an activating group) is 1. The predicted octanol–water partition coefficient (Wildman–Crippen LogP) is 0.781. The first-order valence-electron chi connectivity index (χ1n) is 13.2. The number of nitrogens with two attached hydrogens (primary N) is 1. The molecule has 0 bridgehead atoms. The number of aromatic hydroxyl groups is 1. The van der Waals surface area contributed by atoms with Crippen molar-refractivity contribution in [1.29, 1.82) is 0 Å². The number of hydrogen-bond acceptors (Lipinski definition) is 10. The van der Waals surface area contributed by atoms with E-state index in [0.717, 1.165) is 25.7 Å². The van der Waals surface area contributed by atoms with Crippen molar-refractivity contribution in [3.05, 3.63) is 45.9 Å². The molecule has 0 saturated heterocycles. The van der Waals surface area contributed by atoms with Gasteiger partial charge in [-0.2, -0.15) is 0 Å². The van der Waals surface area contributed by atoms with Crippen molar-refractivity contribution in [3.63, 3.8) is 0 Å². The fraction of sp³-hybridized carbons (Fsp3) is 0.500. The van der Waals surface area contributed by atoms with Gasteiger partial charge in [-0.25, -0.2) is 0 Å². The Labute approximate surface area is 229 Å². The highest BCUT2D eigenvalue weighted by atomic mass is 16.4. The van der Waals surface area contributed by atoms with E-state index < -0.39 is 81.4 Å². The Morgan fingerprint density at radius 3 is 2.30 bits per heavy atom. The van der Waals surface area contributed by atoms with Crippen molar-refractivity contribution in [2.75, 3.05) is 19.4 Å². The van der Waals surface area contributed by atoms with Gasteiger partial charge in [0.1, 0.15) is 22.8 Å². The quantitative estimate of drug-likeness (QED) is 0.205. The molecule has 1 saturated carbocycles. The van der Waals surface area contributed by atoms with Crippen LogP contribution in [-0.2, 0) is 14.4 Å². The van der Waals surface area contributed by atoms with E-state index >= 15 is 0 Å². The van der Waals surface area contributed by atoms with Crippen LogP contribution in [0.3, 0.4) is 0 Å². The standard InChI is InChI=1S/C28H33N3O9/c1-10-14-12(30-27(39)11-6-4-5-7-11)8-9-13(32)16(14)21(33)17-15(10)22(34)19-20(31(2)3)23(35)18(26(29)38)25(37)28(19,40)24(17)36/h8-11,15,19-20,22,32,34-36,40H,4-7H2,1-3H3,(H2,29,38)(H,30,39)/t10?,15-,19+,20+,22?,28+/m0/s1. The lowest BCUT2D eigenvalue weighted by molar-refractivity contribution is -0.162. The van der Waals surface area contributed by atoms with Crippen LogP contribution < -0.4 is 11.1 Å². The Bertz CT molecular complexity index is 1410. The van der Waals surface area contributed by atoms with Crippen LogP contribution in [0.2, 0.25) is 0 Å². The van der Waals surface area contributed by atoms with Gasteiger partial charge in [0.15, 0.2) is 11.4 Å². The number of aliphatic hydroxyl groups is 4. The number of anilines is 1. The molecule has 4 aliphatic rings. The largest absolute Gasteiger partial charge is 0.510 e. The highest BCUT2D eigenvalue weighted by molar-refractivity contribution is 6.25. The van der Waals surface area contributed by atoms with Gasteiger partial charge >= 0.3 is 0 Å². The smallest absolute Gasteiger partial charge is 0.255 e. The third-order valence-electron chi connectivity index (χ3n) is 9.09. The number of fused-ring (bicyclic) bond motifs is 3. The number of aliphatic hydroxyl groups excluding tert-OH is 3. The van der Waals surface area contributed by atoms with E-state index in [1.165, 1.54) is 31.1 Å². The van der Waals surface area contributed by atoms with Crippen LogP contribution >= 0.6 is 0 Å². The van der Waals surface area contributed by atoms with Gasteiger partial charge in [0.2, 0.25) is 11.7 Å². The number of Topliss-reactive ketones (excluding diaryl/α,β-unsaturated/α-hetero) is 2. The van der Waals surface area contributed by atoms with Gasteiger partial charge in [-0.3, -0.25) is 24.1 Å². The summed E-state index contributed by atoms with van der Waals surface area (Å²) >= 11 is 0. The van der Waals surface area contributed by atoms with E-state index in [-0.39, 0.29) is 28.6 Å². The zero-order valence-electron chi connectivity index (χ0n) is 22.3. The summed E-state index contributed by atoms with van der Waals surface area (Å²) in [6.45, 7) is 1.63.